The SMILES string of the molecule is CC(NC(=S)Nc1cccc(Cl)c1)c1cccc2ccccc12. The third-order valence-electron chi connectivity index (χ3n) is 3.72. The van der Waals surface area contributed by atoms with Crippen LogP contribution in [-0.4, -0.2) is 5.11 Å². The Bertz CT molecular complexity index is 842. The van der Waals surface area contributed by atoms with Crippen LogP contribution in [0, 0.1) is 0 Å². The van der Waals surface area contributed by atoms with Crippen molar-refractivity contribution in [3.05, 3.63) is 77.3 Å². The zero-order valence-electron chi connectivity index (χ0n) is 12.7. The summed E-state index contributed by atoms with van der Waals surface area (Å²) in [5.41, 5.74) is 2.10. The molecule has 0 aliphatic carbocycles. The van der Waals surface area contributed by atoms with Crippen molar-refractivity contribution < 1.29 is 0 Å². The zero-order valence-corrected chi connectivity index (χ0v) is 14.3. The van der Waals surface area contributed by atoms with Gasteiger partial charge in [0.05, 0.1) is 6.04 Å². The van der Waals surface area contributed by atoms with Crippen molar-refractivity contribution in [3.8, 4) is 0 Å². The Labute approximate surface area is 146 Å². The number of hydrogen-bond donors (Lipinski definition) is 2. The van der Waals surface area contributed by atoms with Gasteiger partial charge in [-0.05, 0) is 53.7 Å². The van der Waals surface area contributed by atoms with Gasteiger partial charge in [-0.25, -0.2) is 0 Å². The van der Waals surface area contributed by atoms with Crippen LogP contribution in [0.3, 0.4) is 0 Å². The lowest BCUT2D eigenvalue weighted by atomic mass is 10.00. The smallest absolute Gasteiger partial charge is 0.171 e. The lowest BCUT2D eigenvalue weighted by Crippen LogP contribution is -2.31. The predicted molar refractivity (Wildman–Crippen MR) is 103 cm³/mol. The second kappa shape index (κ2) is 6.99. The molecule has 4 heteroatoms. The molecular weight excluding hydrogens is 324 g/mol. The number of halogens is 1. The van der Waals surface area contributed by atoms with Gasteiger partial charge in [0.25, 0.3) is 0 Å². The third kappa shape index (κ3) is 3.81. The highest BCUT2D eigenvalue weighted by Gasteiger charge is 2.10. The molecule has 0 spiro atoms. The molecule has 2 N–H and O–H groups in total. The van der Waals surface area contributed by atoms with Crippen LogP contribution >= 0.6 is 23.8 Å². The summed E-state index contributed by atoms with van der Waals surface area (Å²) >= 11 is 11.4. The monoisotopic (exact) mass is 340 g/mol. The van der Waals surface area contributed by atoms with E-state index in [0.717, 1.165) is 5.69 Å². The number of hydrogen-bond acceptors (Lipinski definition) is 1. The number of rotatable bonds is 3. The first-order chi connectivity index (χ1) is 11.1. The Morgan fingerprint density at radius 3 is 2.57 bits per heavy atom. The fourth-order valence-electron chi connectivity index (χ4n) is 2.64. The maximum atomic E-state index is 5.99. The lowest BCUT2D eigenvalue weighted by molar-refractivity contribution is 0.729. The first-order valence-corrected chi connectivity index (χ1v) is 8.23. The summed E-state index contributed by atoms with van der Waals surface area (Å²) < 4.78 is 0. The maximum Gasteiger partial charge on any atom is 0.171 e. The summed E-state index contributed by atoms with van der Waals surface area (Å²) in [6, 6.07) is 22.3. The molecule has 0 amide bonds. The van der Waals surface area contributed by atoms with E-state index in [0.29, 0.717) is 10.1 Å². The van der Waals surface area contributed by atoms with Crippen molar-refractivity contribution in [2.45, 2.75) is 13.0 Å². The number of anilines is 1. The van der Waals surface area contributed by atoms with Crippen LogP contribution in [0.4, 0.5) is 5.69 Å². The van der Waals surface area contributed by atoms with Crippen LogP contribution in [0.25, 0.3) is 10.8 Å². The Morgan fingerprint density at radius 1 is 1.00 bits per heavy atom. The molecule has 0 fully saturated rings. The van der Waals surface area contributed by atoms with Gasteiger partial charge in [-0.1, -0.05) is 60.1 Å². The molecule has 0 bridgehead atoms. The van der Waals surface area contributed by atoms with Crippen LogP contribution in [-0.2, 0) is 0 Å². The molecule has 1 atom stereocenters. The van der Waals surface area contributed by atoms with Crippen molar-refractivity contribution in [1.82, 2.24) is 5.32 Å². The molecule has 0 heterocycles. The van der Waals surface area contributed by atoms with Crippen LogP contribution in [0.15, 0.2) is 66.7 Å². The summed E-state index contributed by atoms with van der Waals surface area (Å²) in [6.45, 7) is 2.10. The van der Waals surface area contributed by atoms with E-state index in [4.69, 9.17) is 23.8 Å². The molecule has 1 unspecified atom stereocenters. The summed E-state index contributed by atoms with van der Waals surface area (Å²) in [7, 11) is 0. The molecule has 0 saturated heterocycles. The second-order valence-electron chi connectivity index (χ2n) is 5.40. The van der Waals surface area contributed by atoms with Crippen molar-refractivity contribution in [2.75, 3.05) is 5.32 Å². The average molecular weight is 341 g/mol. The Balaban J connectivity index is 1.75. The minimum absolute atomic E-state index is 0.0975. The summed E-state index contributed by atoms with van der Waals surface area (Å²) in [5.74, 6) is 0. The normalized spacial score (nSPS) is 11.9. The van der Waals surface area contributed by atoms with Crippen molar-refractivity contribution >= 4 is 45.4 Å². The Kier molecular flexibility index (Phi) is 4.79. The van der Waals surface area contributed by atoms with Gasteiger partial charge >= 0.3 is 0 Å². The zero-order chi connectivity index (χ0) is 16.2. The Hall–Kier alpha value is -2.10. The quantitative estimate of drug-likeness (QED) is 0.612. The van der Waals surface area contributed by atoms with E-state index in [9.17, 15) is 0 Å². The van der Waals surface area contributed by atoms with E-state index in [1.165, 1.54) is 16.3 Å². The fourth-order valence-corrected chi connectivity index (χ4v) is 3.12. The van der Waals surface area contributed by atoms with Gasteiger partial charge in [0.2, 0.25) is 0 Å². The maximum absolute atomic E-state index is 5.99. The first-order valence-electron chi connectivity index (χ1n) is 7.44. The van der Waals surface area contributed by atoms with Crippen LogP contribution in [0.1, 0.15) is 18.5 Å². The van der Waals surface area contributed by atoms with E-state index in [-0.39, 0.29) is 6.04 Å². The van der Waals surface area contributed by atoms with Gasteiger partial charge in [-0.2, -0.15) is 0 Å². The van der Waals surface area contributed by atoms with Gasteiger partial charge in [0.15, 0.2) is 5.11 Å². The van der Waals surface area contributed by atoms with Crippen LogP contribution < -0.4 is 10.6 Å². The minimum Gasteiger partial charge on any atom is -0.356 e. The topological polar surface area (TPSA) is 24.1 Å². The molecule has 0 saturated carbocycles. The van der Waals surface area contributed by atoms with Gasteiger partial charge < -0.3 is 10.6 Å². The Morgan fingerprint density at radius 2 is 1.74 bits per heavy atom. The standard InChI is InChI=1S/C19H17ClN2S/c1-13(17-11-4-7-14-6-2-3-10-18(14)17)21-19(23)22-16-9-5-8-15(20)12-16/h2-13H,1H3,(H2,21,22,23). The van der Waals surface area contributed by atoms with Gasteiger partial charge in [-0.3, -0.25) is 0 Å². The number of benzene rings is 3. The number of fused-ring (bicyclic) bond motifs is 1. The molecule has 3 rings (SSSR count). The molecule has 0 aromatic heterocycles. The molecular formula is C19H17ClN2S. The molecule has 116 valence electrons. The van der Waals surface area contributed by atoms with Crippen LogP contribution in [0.5, 0.6) is 0 Å². The summed E-state index contributed by atoms with van der Waals surface area (Å²) in [4.78, 5) is 0. The van der Waals surface area contributed by atoms with Gasteiger partial charge in [0.1, 0.15) is 0 Å². The molecule has 0 radical (unpaired) electrons. The highest BCUT2D eigenvalue weighted by atomic mass is 35.5. The van der Waals surface area contributed by atoms with Crippen molar-refractivity contribution in [2.24, 2.45) is 0 Å². The second-order valence-corrected chi connectivity index (χ2v) is 6.24. The van der Waals surface area contributed by atoms with Crippen molar-refractivity contribution in [1.29, 1.82) is 0 Å². The highest BCUT2D eigenvalue weighted by molar-refractivity contribution is 7.80. The summed E-state index contributed by atoms with van der Waals surface area (Å²) in [5, 5.41) is 10.2. The van der Waals surface area contributed by atoms with Crippen LogP contribution in [0.2, 0.25) is 5.02 Å². The molecule has 2 nitrogen and oxygen atoms in total. The van der Waals surface area contributed by atoms with E-state index < -0.39 is 0 Å². The van der Waals surface area contributed by atoms with Gasteiger partial charge in [0, 0.05) is 10.7 Å². The third-order valence-corrected chi connectivity index (χ3v) is 4.17. The lowest BCUT2D eigenvalue weighted by Gasteiger charge is -2.19. The van der Waals surface area contributed by atoms with E-state index in [1.807, 2.05) is 24.3 Å². The van der Waals surface area contributed by atoms with Gasteiger partial charge in [-0.15, -0.1) is 0 Å². The predicted octanol–water partition coefficient (Wildman–Crippen LogP) is 5.54. The fraction of sp³-hybridized carbons (Fsp3) is 0.105. The number of nitrogens with one attached hydrogen (secondary N) is 2. The average Bonchev–Trinajstić information content (AvgIpc) is 2.54. The first kappa shape index (κ1) is 15.8. The van der Waals surface area contributed by atoms with E-state index >= 15 is 0 Å². The van der Waals surface area contributed by atoms with Crippen molar-refractivity contribution in [3.63, 3.8) is 0 Å². The minimum atomic E-state index is 0.0975. The number of thiocarbonyl (C=S) groups is 1. The molecule has 3 aromatic carbocycles. The molecule has 23 heavy (non-hydrogen) atoms. The van der Waals surface area contributed by atoms with E-state index in [1.54, 1.807) is 0 Å². The highest BCUT2D eigenvalue weighted by Crippen LogP contribution is 2.24. The molecule has 0 aliphatic rings. The summed E-state index contributed by atoms with van der Waals surface area (Å²) in [6.07, 6.45) is 0. The largest absolute Gasteiger partial charge is 0.356 e. The molecule has 3 aromatic rings. The molecule has 0 aliphatic heterocycles. The van der Waals surface area contributed by atoms with E-state index in [2.05, 4.69) is 60.0 Å².